The van der Waals surface area contributed by atoms with E-state index >= 15 is 0 Å². The third kappa shape index (κ3) is 3.78. The van der Waals surface area contributed by atoms with Crippen molar-refractivity contribution < 1.29 is 22.7 Å². The summed E-state index contributed by atoms with van der Waals surface area (Å²) in [6.45, 7) is 1.13. The van der Waals surface area contributed by atoms with Gasteiger partial charge in [0.15, 0.2) is 0 Å². The van der Waals surface area contributed by atoms with Gasteiger partial charge >= 0.3 is 6.36 Å². The van der Waals surface area contributed by atoms with E-state index < -0.39 is 12.2 Å². The highest BCUT2D eigenvalue weighted by Crippen LogP contribution is 2.33. The maximum Gasteiger partial charge on any atom is 0.574 e. The number of piperidine rings is 1. The molecule has 0 spiro atoms. The molecule has 0 aliphatic carbocycles. The van der Waals surface area contributed by atoms with Gasteiger partial charge in [0.1, 0.15) is 5.65 Å². The summed E-state index contributed by atoms with van der Waals surface area (Å²) >= 11 is 0. The Labute approximate surface area is 158 Å². The van der Waals surface area contributed by atoms with Gasteiger partial charge in [0, 0.05) is 43.1 Å². The number of alkyl halides is 3. The Morgan fingerprint density at radius 2 is 1.96 bits per heavy atom. The fraction of sp³-hybridized carbons (Fsp3) is 0.316. The zero-order valence-electron chi connectivity index (χ0n) is 14.7. The van der Waals surface area contributed by atoms with E-state index in [4.69, 9.17) is 0 Å². The van der Waals surface area contributed by atoms with Crippen LogP contribution in [-0.4, -0.2) is 45.2 Å². The Kier molecular flexibility index (Phi) is 4.66. The Balaban J connectivity index is 1.40. The van der Waals surface area contributed by atoms with Gasteiger partial charge in [0.2, 0.25) is 5.88 Å². The normalized spacial score (nSPS) is 15.8. The van der Waals surface area contributed by atoms with Crippen LogP contribution in [0.2, 0.25) is 0 Å². The zero-order valence-corrected chi connectivity index (χ0v) is 14.7. The number of ether oxygens (including phenoxy) is 1. The van der Waals surface area contributed by atoms with Crippen molar-refractivity contribution in [2.24, 2.45) is 0 Å². The summed E-state index contributed by atoms with van der Waals surface area (Å²) in [5.74, 6) is -0.511. The molecule has 3 aromatic heterocycles. The van der Waals surface area contributed by atoms with Gasteiger partial charge in [-0.05, 0) is 42.5 Å². The van der Waals surface area contributed by atoms with Gasteiger partial charge in [-0.25, -0.2) is 9.97 Å². The van der Waals surface area contributed by atoms with Crippen LogP contribution in [0.4, 0.5) is 13.2 Å². The Bertz CT molecular complexity index is 977. The molecule has 4 rings (SSSR count). The molecule has 9 heteroatoms. The van der Waals surface area contributed by atoms with Crippen molar-refractivity contribution in [1.82, 2.24) is 19.9 Å². The number of carbonyl (C=O) groups is 1. The lowest BCUT2D eigenvalue weighted by Crippen LogP contribution is -2.38. The number of halogens is 3. The quantitative estimate of drug-likeness (QED) is 0.737. The number of nitrogens with one attached hydrogen (secondary N) is 1. The van der Waals surface area contributed by atoms with E-state index in [1.165, 1.54) is 11.6 Å². The van der Waals surface area contributed by atoms with Crippen molar-refractivity contribution in [3.8, 4) is 5.88 Å². The van der Waals surface area contributed by atoms with E-state index in [1.807, 2.05) is 18.3 Å². The number of pyridine rings is 2. The van der Waals surface area contributed by atoms with Gasteiger partial charge in [-0.2, -0.15) is 0 Å². The SMILES string of the molecule is O=C(c1ccc(OC(F)(F)F)nc1)N1CCC(c2c[nH]c3ncccc23)CC1. The predicted molar refractivity (Wildman–Crippen MR) is 94.9 cm³/mol. The Hall–Kier alpha value is -3.10. The smallest absolute Gasteiger partial charge is 0.388 e. The van der Waals surface area contributed by atoms with E-state index in [1.54, 1.807) is 11.1 Å². The second-order valence-electron chi connectivity index (χ2n) is 6.64. The summed E-state index contributed by atoms with van der Waals surface area (Å²) in [5, 5.41) is 1.09. The number of likely N-dealkylation sites (tertiary alicyclic amines) is 1. The molecule has 1 amide bonds. The summed E-state index contributed by atoms with van der Waals surface area (Å²) in [6.07, 6.45) is 1.62. The average Bonchev–Trinajstić information content (AvgIpc) is 3.11. The third-order valence-corrected chi connectivity index (χ3v) is 4.91. The lowest BCUT2D eigenvalue weighted by molar-refractivity contribution is -0.276. The Morgan fingerprint density at radius 3 is 2.64 bits per heavy atom. The number of hydrogen-bond acceptors (Lipinski definition) is 4. The molecular formula is C19H17F3N4O2. The van der Waals surface area contributed by atoms with Gasteiger partial charge in [-0.15, -0.1) is 13.2 Å². The molecule has 1 aliphatic rings. The average molecular weight is 390 g/mol. The molecule has 1 aliphatic heterocycles. The lowest BCUT2D eigenvalue weighted by Gasteiger charge is -2.32. The van der Waals surface area contributed by atoms with Crippen LogP contribution in [0.3, 0.4) is 0 Å². The molecule has 28 heavy (non-hydrogen) atoms. The molecule has 0 saturated carbocycles. The van der Waals surface area contributed by atoms with Crippen LogP contribution in [0.15, 0.2) is 42.9 Å². The molecule has 1 N–H and O–H groups in total. The van der Waals surface area contributed by atoms with Crippen LogP contribution in [0.25, 0.3) is 11.0 Å². The number of nitrogens with zero attached hydrogens (tertiary/aromatic N) is 3. The summed E-state index contributed by atoms with van der Waals surface area (Å²) in [5.41, 5.74) is 2.29. The van der Waals surface area contributed by atoms with Crippen LogP contribution in [-0.2, 0) is 0 Å². The number of hydrogen-bond donors (Lipinski definition) is 1. The predicted octanol–water partition coefficient (Wildman–Crippen LogP) is 3.88. The minimum Gasteiger partial charge on any atom is -0.388 e. The molecular weight excluding hydrogens is 373 g/mol. The minimum absolute atomic E-state index is 0.240. The monoisotopic (exact) mass is 390 g/mol. The van der Waals surface area contributed by atoms with Crippen molar-refractivity contribution in [2.45, 2.75) is 25.1 Å². The summed E-state index contributed by atoms with van der Waals surface area (Å²) in [7, 11) is 0. The fourth-order valence-corrected chi connectivity index (χ4v) is 3.58. The van der Waals surface area contributed by atoms with Crippen molar-refractivity contribution in [1.29, 1.82) is 0 Å². The largest absolute Gasteiger partial charge is 0.574 e. The van der Waals surface area contributed by atoms with Crippen LogP contribution in [0, 0.1) is 0 Å². The number of H-pyrrole nitrogens is 1. The van der Waals surface area contributed by atoms with Gasteiger partial charge in [0.25, 0.3) is 5.91 Å². The molecule has 146 valence electrons. The molecule has 4 heterocycles. The third-order valence-electron chi connectivity index (χ3n) is 4.91. The topological polar surface area (TPSA) is 71.1 Å². The molecule has 0 aromatic carbocycles. The lowest BCUT2D eigenvalue weighted by atomic mass is 9.89. The molecule has 3 aromatic rings. The highest BCUT2D eigenvalue weighted by atomic mass is 19.4. The number of carbonyl (C=O) groups excluding carboxylic acids is 1. The zero-order chi connectivity index (χ0) is 19.7. The first kappa shape index (κ1) is 18.3. The van der Waals surface area contributed by atoms with E-state index in [0.29, 0.717) is 19.0 Å². The molecule has 6 nitrogen and oxygen atoms in total. The van der Waals surface area contributed by atoms with E-state index in [9.17, 15) is 18.0 Å². The number of aromatic amines is 1. The van der Waals surface area contributed by atoms with Crippen molar-refractivity contribution in [3.05, 3.63) is 54.0 Å². The molecule has 0 bridgehead atoms. The van der Waals surface area contributed by atoms with E-state index in [0.717, 1.165) is 36.1 Å². The van der Waals surface area contributed by atoms with E-state index in [-0.39, 0.29) is 11.5 Å². The first-order valence-corrected chi connectivity index (χ1v) is 8.84. The Morgan fingerprint density at radius 1 is 1.18 bits per heavy atom. The molecule has 0 radical (unpaired) electrons. The minimum atomic E-state index is -4.81. The van der Waals surface area contributed by atoms with Crippen molar-refractivity contribution >= 4 is 16.9 Å². The van der Waals surface area contributed by atoms with Gasteiger partial charge in [-0.3, -0.25) is 4.79 Å². The van der Waals surface area contributed by atoms with Gasteiger partial charge < -0.3 is 14.6 Å². The first-order valence-electron chi connectivity index (χ1n) is 8.84. The first-order chi connectivity index (χ1) is 13.4. The van der Waals surface area contributed by atoms with Crippen molar-refractivity contribution in [2.75, 3.05) is 13.1 Å². The van der Waals surface area contributed by atoms with Crippen LogP contribution in [0.1, 0.15) is 34.7 Å². The van der Waals surface area contributed by atoms with Crippen LogP contribution >= 0.6 is 0 Å². The van der Waals surface area contributed by atoms with Gasteiger partial charge in [0.05, 0.1) is 5.56 Å². The number of fused-ring (bicyclic) bond motifs is 1. The molecule has 1 fully saturated rings. The molecule has 0 unspecified atom stereocenters. The van der Waals surface area contributed by atoms with Crippen molar-refractivity contribution in [3.63, 3.8) is 0 Å². The highest BCUT2D eigenvalue weighted by molar-refractivity contribution is 5.94. The summed E-state index contributed by atoms with van der Waals surface area (Å²) in [4.78, 5) is 25.4. The molecule has 0 atom stereocenters. The van der Waals surface area contributed by atoms with Crippen LogP contribution < -0.4 is 4.74 Å². The fourth-order valence-electron chi connectivity index (χ4n) is 3.58. The number of aromatic nitrogens is 3. The second-order valence-corrected chi connectivity index (χ2v) is 6.64. The maximum absolute atomic E-state index is 12.6. The van der Waals surface area contributed by atoms with E-state index in [2.05, 4.69) is 19.7 Å². The number of rotatable bonds is 3. The summed E-state index contributed by atoms with van der Waals surface area (Å²) < 4.78 is 40.3. The summed E-state index contributed by atoms with van der Waals surface area (Å²) in [6, 6.07) is 6.28. The maximum atomic E-state index is 12.6. The molecule has 1 saturated heterocycles. The van der Waals surface area contributed by atoms with Gasteiger partial charge in [-0.1, -0.05) is 0 Å². The second kappa shape index (κ2) is 7.14. The van der Waals surface area contributed by atoms with Crippen LogP contribution in [0.5, 0.6) is 5.88 Å². The number of amides is 1. The standard InChI is InChI=1S/C19H17F3N4O2/c20-19(21,22)28-16-4-3-13(10-24-16)18(27)26-8-5-12(6-9-26)15-11-25-17-14(15)2-1-7-23-17/h1-4,7,10-12H,5-6,8-9H2,(H,23,25). The highest BCUT2D eigenvalue weighted by Gasteiger charge is 2.32.